The molecule has 16 heavy (non-hydrogen) atoms. The summed E-state index contributed by atoms with van der Waals surface area (Å²) < 4.78 is 12.6. The zero-order chi connectivity index (χ0) is 12.3. The fraction of sp³-hybridized carbons (Fsp3) is 0.800. The van der Waals surface area contributed by atoms with Crippen LogP contribution in [0.5, 0.6) is 0 Å². The van der Waals surface area contributed by atoms with Gasteiger partial charge in [-0.05, 0) is 5.92 Å². The number of amides is 2. The summed E-state index contributed by atoms with van der Waals surface area (Å²) in [4.78, 5) is 23.8. The molecule has 6 heteroatoms. The van der Waals surface area contributed by atoms with Crippen LogP contribution in [0.15, 0.2) is 0 Å². The average Bonchev–Trinajstić information content (AvgIpc) is 2.19. The molecule has 0 bridgehead atoms. The summed E-state index contributed by atoms with van der Waals surface area (Å²) >= 11 is 0. The molecule has 0 aromatic carbocycles. The molecule has 2 N–H and O–H groups in total. The van der Waals surface area contributed by atoms with Gasteiger partial charge in [-0.1, -0.05) is 20.3 Å². The topological polar surface area (TPSA) is 69.6 Å². The number of nitrogens with one attached hydrogen (secondary N) is 1. The Labute approximate surface area is 93.6 Å². The van der Waals surface area contributed by atoms with Crippen molar-refractivity contribution < 1.29 is 19.1 Å². The van der Waals surface area contributed by atoms with Gasteiger partial charge in [-0.15, -0.1) is 0 Å². The van der Waals surface area contributed by atoms with Crippen LogP contribution in [0.2, 0.25) is 0 Å². The molecule has 1 unspecified atom stereocenters. The summed E-state index contributed by atoms with van der Waals surface area (Å²) in [6.07, 6.45) is -1.51. The molecule has 2 amide bonds. The molecule has 1 fully saturated rings. The number of carboxylic acid groups (broad SMARTS) is 1. The molecule has 0 aromatic heterocycles. The van der Waals surface area contributed by atoms with Crippen molar-refractivity contribution in [3.63, 3.8) is 0 Å². The molecule has 0 aliphatic carbocycles. The van der Waals surface area contributed by atoms with Gasteiger partial charge in [0.25, 0.3) is 0 Å². The van der Waals surface area contributed by atoms with E-state index in [2.05, 4.69) is 5.32 Å². The Morgan fingerprint density at radius 1 is 1.56 bits per heavy atom. The molecule has 1 heterocycles. The molecule has 0 saturated carbocycles. The first-order chi connectivity index (χ1) is 7.45. The second-order valence-corrected chi connectivity index (χ2v) is 4.15. The highest BCUT2D eigenvalue weighted by molar-refractivity contribution is 5.86. The normalized spacial score (nSPS) is 19.8. The lowest BCUT2D eigenvalue weighted by atomic mass is 9.96. The van der Waals surface area contributed by atoms with Gasteiger partial charge >= 0.3 is 6.09 Å². The summed E-state index contributed by atoms with van der Waals surface area (Å²) in [6.45, 7) is 3.83. The minimum atomic E-state index is -1.23. The van der Waals surface area contributed by atoms with Gasteiger partial charge in [-0.2, -0.15) is 0 Å². The quantitative estimate of drug-likeness (QED) is 0.755. The lowest BCUT2D eigenvalue weighted by Gasteiger charge is -2.38. The van der Waals surface area contributed by atoms with Crippen LogP contribution in [0.1, 0.15) is 20.3 Å². The molecule has 0 aromatic rings. The maximum atomic E-state index is 12.6. The number of likely N-dealkylation sites (tertiary alicyclic amines) is 1. The first-order valence-electron chi connectivity index (χ1n) is 5.38. The van der Waals surface area contributed by atoms with Crippen molar-refractivity contribution in [3.8, 4) is 0 Å². The van der Waals surface area contributed by atoms with Crippen LogP contribution in [0.25, 0.3) is 0 Å². The number of hydrogen-bond acceptors (Lipinski definition) is 2. The van der Waals surface area contributed by atoms with E-state index in [1.54, 1.807) is 6.92 Å². The predicted octanol–water partition coefficient (Wildman–Crippen LogP) is 0.849. The van der Waals surface area contributed by atoms with Gasteiger partial charge in [0.05, 0.1) is 13.1 Å². The molecule has 0 spiro atoms. The number of hydrogen-bond donors (Lipinski definition) is 2. The Morgan fingerprint density at radius 3 is 2.50 bits per heavy atom. The van der Waals surface area contributed by atoms with E-state index in [0.29, 0.717) is 6.42 Å². The largest absolute Gasteiger partial charge is 0.465 e. The van der Waals surface area contributed by atoms with Crippen molar-refractivity contribution in [2.24, 2.45) is 5.92 Å². The number of carbonyl (C=O) groups excluding carboxylic acids is 1. The van der Waals surface area contributed by atoms with Gasteiger partial charge in [-0.25, -0.2) is 9.18 Å². The number of nitrogens with zero attached hydrogens (tertiary/aromatic N) is 1. The van der Waals surface area contributed by atoms with Crippen molar-refractivity contribution >= 4 is 12.0 Å². The SMILES string of the molecule is CC[C@H](C)C(NC(=O)O)C(=O)N1CC(F)C1. The second kappa shape index (κ2) is 5.14. The fourth-order valence-electron chi connectivity index (χ4n) is 1.62. The maximum Gasteiger partial charge on any atom is 0.405 e. The van der Waals surface area contributed by atoms with Crippen LogP contribution >= 0.6 is 0 Å². The molecular formula is C10H17FN2O3. The van der Waals surface area contributed by atoms with Crippen molar-refractivity contribution in [2.75, 3.05) is 13.1 Å². The molecule has 2 atom stereocenters. The van der Waals surface area contributed by atoms with E-state index < -0.39 is 18.3 Å². The Hall–Kier alpha value is -1.33. The Kier molecular flexibility index (Phi) is 4.09. The van der Waals surface area contributed by atoms with E-state index in [4.69, 9.17) is 5.11 Å². The van der Waals surface area contributed by atoms with Crippen molar-refractivity contribution in [1.29, 1.82) is 0 Å². The van der Waals surface area contributed by atoms with E-state index in [1.807, 2.05) is 6.92 Å². The monoisotopic (exact) mass is 232 g/mol. The number of rotatable bonds is 4. The number of halogens is 1. The van der Waals surface area contributed by atoms with Gasteiger partial charge in [0.15, 0.2) is 0 Å². The van der Waals surface area contributed by atoms with Gasteiger partial charge in [0.1, 0.15) is 12.2 Å². The molecule has 5 nitrogen and oxygen atoms in total. The zero-order valence-corrected chi connectivity index (χ0v) is 9.44. The molecule has 1 aliphatic heterocycles. The summed E-state index contributed by atoms with van der Waals surface area (Å²) in [7, 11) is 0. The van der Waals surface area contributed by atoms with E-state index >= 15 is 0 Å². The van der Waals surface area contributed by atoms with Crippen molar-refractivity contribution in [3.05, 3.63) is 0 Å². The molecular weight excluding hydrogens is 215 g/mol. The zero-order valence-electron chi connectivity index (χ0n) is 9.44. The van der Waals surface area contributed by atoms with E-state index in [1.165, 1.54) is 4.90 Å². The summed E-state index contributed by atoms with van der Waals surface area (Å²) in [5.74, 6) is -0.423. The first kappa shape index (κ1) is 12.7. The van der Waals surface area contributed by atoms with Gasteiger partial charge < -0.3 is 15.3 Å². The second-order valence-electron chi connectivity index (χ2n) is 4.15. The highest BCUT2D eigenvalue weighted by Gasteiger charge is 2.36. The lowest BCUT2D eigenvalue weighted by molar-refractivity contribution is -0.141. The van der Waals surface area contributed by atoms with Crippen LogP contribution in [-0.2, 0) is 4.79 Å². The van der Waals surface area contributed by atoms with Crippen LogP contribution in [0.4, 0.5) is 9.18 Å². The van der Waals surface area contributed by atoms with Crippen molar-refractivity contribution in [1.82, 2.24) is 10.2 Å². The molecule has 92 valence electrons. The van der Waals surface area contributed by atoms with E-state index in [-0.39, 0.29) is 24.9 Å². The highest BCUT2D eigenvalue weighted by Crippen LogP contribution is 2.17. The van der Waals surface area contributed by atoms with E-state index in [9.17, 15) is 14.0 Å². The predicted molar refractivity (Wildman–Crippen MR) is 55.9 cm³/mol. The lowest BCUT2D eigenvalue weighted by Crippen LogP contribution is -2.59. The van der Waals surface area contributed by atoms with Crippen LogP contribution in [-0.4, -0.2) is 47.3 Å². The molecule has 1 aliphatic rings. The fourth-order valence-corrected chi connectivity index (χ4v) is 1.62. The molecule has 1 rings (SSSR count). The third-order valence-electron chi connectivity index (χ3n) is 2.91. The van der Waals surface area contributed by atoms with Crippen LogP contribution in [0, 0.1) is 5.92 Å². The van der Waals surface area contributed by atoms with E-state index in [0.717, 1.165) is 0 Å². The summed E-state index contributed by atoms with van der Waals surface area (Å²) in [6, 6.07) is -0.769. The van der Waals surface area contributed by atoms with Crippen molar-refractivity contribution in [2.45, 2.75) is 32.5 Å². The van der Waals surface area contributed by atoms with Gasteiger partial charge in [0, 0.05) is 0 Å². The Morgan fingerprint density at radius 2 is 2.12 bits per heavy atom. The molecule has 0 radical (unpaired) electrons. The maximum absolute atomic E-state index is 12.6. The molecule has 1 saturated heterocycles. The third kappa shape index (κ3) is 2.84. The third-order valence-corrected chi connectivity index (χ3v) is 2.91. The smallest absolute Gasteiger partial charge is 0.405 e. The van der Waals surface area contributed by atoms with Crippen LogP contribution in [0.3, 0.4) is 0 Å². The number of alkyl halides is 1. The average molecular weight is 232 g/mol. The number of carbonyl (C=O) groups is 2. The minimum absolute atomic E-state index is 0.0765. The van der Waals surface area contributed by atoms with Gasteiger partial charge in [-0.3, -0.25) is 4.79 Å². The van der Waals surface area contributed by atoms with Crippen LogP contribution < -0.4 is 5.32 Å². The standard InChI is InChI=1S/C10H17FN2O3/c1-3-6(2)8(12-10(15)16)9(14)13-4-7(11)5-13/h6-8,12H,3-5H2,1-2H3,(H,15,16)/t6-,8?/m0/s1. The highest BCUT2D eigenvalue weighted by atomic mass is 19.1. The van der Waals surface area contributed by atoms with Gasteiger partial charge in [0.2, 0.25) is 5.91 Å². The Balaban J connectivity index is 2.60. The minimum Gasteiger partial charge on any atom is -0.465 e. The summed E-state index contributed by atoms with van der Waals surface area (Å²) in [5, 5.41) is 10.8. The first-order valence-corrected chi connectivity index (χ1v) is 5.38. The summed E-state index contributed by atoms with van der Waals surface area (Å²) in [5.41, 5.74) is 0. The Bertz CT molecular complexity index is 279.